The van der Waals surface area contributed by atoms with Crippen molar-refractivity contribution in [3.05, 3.63) is 70.0 Å². The van der Waals surface area contributed by atoms with E-state index in [0.717, 1.165) is 6.08 Å². The van der Waals surface area contributed by atoms with Gasteiger partial charge in [-0.15, -0.1) is 0 Å². The fourth-order valence-corrected chi connectivity index (χ4v) is 1.68. The number of benzene rings is 2. The Labute approximate surface area is 124 Å². The van der Waals surface area contributed by atoms with Gasteiger partial charge in [0.15, 0.2) is 0 Å². The van der Waals surface area contributed by atoms with Crippen molar-refractivity contribution in [1.82, 2.24) is 0 Å². The number of carbonyl (C=O) groups is 1. The van der Waals surface area contributed by atoms with Gasteiger partial charge in [-0.2, -0.15) is 0 Å². The molecule has 0 saturated carbocycles. The molecule has 0 aromatic heterocycles. The summed E-state index contributed by atoms with van der Waals surface area (Å²) in [5, 5.41) is 11.1. The topological polar surface area (TPSA) is 95.5 Å². The molecule has 0 unspecified atom stereocenters. The predicted molar refractivity (Wildman–Crippen MR) is 77.8 cm³/mol. The summed E-state index contributed by atoms with van der Waals surface area (Å²) in [7, 11) is 0. The van der Waals surface area contributed by atoms with E-state index in [1.807, 2.05) is 0 Å². The molecule has 22 heavy (non-hydrogen) atoms. The minimum absolute atomic E-state index is 0.00725. The zero-order valence-electron chi connectivity index (χ0n) is 11.2. The highest BCUT2D eigenvalue weighted by atomic mass is 19.1. The molecule has 0 heterocycles. The molecule has 1 amide bonds. The smallest absolute Gasteiger partial charge is 0.312 e. The van der Waals surface area contributed by atoms with Crippen LogP contribution in [0.2, 0.25) is 0 Å². The van der Waals surface area contributed by atoms with Crippen LogP contribution in [0.25, 0.3) is 6.08 Å². The standard InChI is InChI=1S/C15H11FN2O4/c16-11-3-5-12(6-4-11)22-14-7-1-10(2-8-15(17)19)9-13(14)18(20)21/h1-9H,(H2,17,19)/b8-2-. The van der Waals surface area contributed by atoms with E-state index >= 15 is 0 Å². The first-order chi connectivity index (χ1) is 10.5. The molecule has 2 N–H and O–H groups in total. The Morgan fingerprint density at radius 2 is 1.91 bits per heavy atom. The number of carbonyl (C=O) groups excluding carboxylic acids is 1. The molecule has 0 fully saturated rings. The SMILES string of the molecule is NC(=O)/C=C\c1ccc(Oc2ccc(F)cc2)c([N+](=O)[O-])c1. The monoisotopic (exact) mass is 302 g/mol. The van der Waals surface area contributed by atoms with Gasteiger partial charge in [-0.1, -0.05) is 6.07 Å². The number of amides is 1. The van der Waals surface area contributed by atoms with Crippen LogP contribution >= 0.6 is 0 Å². The molecule has 6 nitrogen and oxygen atoms in total. The van der Waals surface area contributed by atoms with E-state index < -0.39 is 16.6 Å². The molecular weight excluding hydrogens is 291 g/mol. The van der Waals surface area contributed by atoms with E-state index in [2.05, 4.69) is 0 Å². The number of nitrogens with two attached hydrogens (primary N) is 1. The summed E-state index contributed by atoms with van der Waals surface area (Å²) in [6, 6.07) is 9.27. The van der Waals surface area contributed by atoms with Gasteiger partial charge in [-0.3, -0.25) is 14.9 Å². The number of hydrogen-bond donors (Lipinski definition) is 1. The van der Waals surface area contributed by atoms with Gasteiger partial charge in [0, 0.05) is 12.1 Å². The normalized spacial score (nSPS) is 10.6. The van der Waals surface area contributed by atoms with E-state index in [1.165, 1.54) is 48.5 Å². The molecule has 2 aromatic rings. The summed E-state index contributed by atoms with van der Waals surface area (Å²) in [4.78, 5) is 21.2. The number of halogens is 1. The van der Waals surface area contributed by atoms with Crippen LogP contribution < -0.4 is 10.5 Å². The lowest BCUT2D eigenvalue weighted by atomic mass is 10.1. The maximum absolute atomic E-state index is 12.8. The summed E-state index contributed by atoms with van der Waals surface area (Å²) in [6.07, 6.45) is 2.45. The molecule has 7 heteroatoms. The number of nitro benzene ring substituents is 1. The quantitative estimate of drug-likeness (QED) is 0.521. The highest BCUT2D eigenvalue weighted by Gasteiger charge is 2.16. The molecule has 112 valence electrons. The minimum atomic E-state index is -0.658. The van der Waals surface area contributed by atoms with Crippen molar-refractivity contribution >= 4 is 17.7 Å². The lowest BCUT2D eigenvalue weighted by molar-refractivity contribution is -0.385. The van der Waals surface area contributed by atoms with Crippen molar-refractivity contribution in [2.24, 2.45) is 5.73 Å². The molecule has 2 rings (SSSR count). The molecule has 0 saturated heterocycles. The second kappa shape index (κ2) is 6.49. The van der Waals surface area contributed by atoms with Crippen LogP contribution in [0.5, 0.6) is 11.5 Å². The maximum atomic E-state index is 12.8. The van der Waals surface area contributed by atoms with Gasteiger partial charge in [-0.25, -0.2) is 4.39 Å². The van der Waals surface area contributed by atoms with Crippen LogP contribution in [-0.4, -0.2) is 10.8 Å². The number of nitro groups is 1. The lowest BCUT2D eigenvalue weighted by Gasteiger charge is -2.06. The number of rotatable bonds is 5. The Hall–Kier alpha value is -3.22. The van der Waals surface area contributed by atoms with Crippen LogP contribution in [0, 0.1) is 15.9 Å². The van der Waals surface area contributed by atoms with E-state index in [9.17, 15) is 19.3 Å². The van der Waals surface area contributed by atoms with E-state index in [1.54, 1.807) is 0 Å². The fourth-order valence-electron chi connectivity index (χ4n) is 1.68. The van der Waals surface area contributed by atoms with Crippen molar-refractivity contribution in [2.45, 2.75) is 0 Å². The summed E-state index contributed by atoms with van der Waals surface area (Å²) < 4.78 is 18.2. The Morgan fingerprint density at radius 1 is 1.23 bits per heavy atom. The van der Waals surface area contributed by atoms with Gasteiger partial charge in [-0.05, 0) is 42.0 Å². The third kappa shape index (κ3) is 3.89. The Kier molecular flexibility index (Phi) is 4.47. The number of ether oxygens (including phenoxy) is 1. The number of primary amides is 1. The van der Waals surface area contributed by atoms with Gasteiger partial charge in [0.1, 0.15) is 11.6 Å². The maximum Gasteiger partial charge on any atom is 0.312 e. The first kappa shape index (κ1) is 15.2. The van der Waals surface area contributed by atoms with Gasteiger partial charge in [0.2, 0.25) is 11.7 Å². The van der Waals surface area contributed by atoms with Gasteiger partial charge in [0.05, 0.1) is 4.92 Å². The number of hydrogen-bond acceptors (Lipinski definition) is 4. The summed E-state index contributed by atoms with van der Waals surface area (Å²) in [6.45, 7) is 0. The Bertz CT molecular complexity index is 742. The Balaban J connectivity index is 2.32. The average Bonchev–Trinajstić information content (AvgIpc) is 2.48. The van der Waals surface area contributed by atoms with Crippen molar-refractivity contribution in [3.63, 3.8) is 0 Å². The zero-order valence-corrected chi connectivity index (χ0v) is 11.2. The second-order valence-corrected chi connectivity index (χ2v) is 4.28. The van der Waals surface area contributed by atoms with Crippen molar-refractivity contribution in [1.29, 1.82) is 0 Å². The second-order valence-electron chi connectivity index (χ2n) is 4.28. The highest BCUT2D eigenvalue weighted by Crippen LogP contribution is 2.32. The molecule has 0 atom stereocenters. The van der Waals surface area contributed by atoms with Crippen LogP contribution in [0.15, 0.2) is 48.5 Å². The molecule has 0 radical (unpaired) electrons. The van der Waals surface area contributed by atoms with Crippen LogP contribution in [0.4, 0.5) is 10.1 Å². The Morgan fingerprint density at radius 3 is 2.50 bits per heavy atom. The molecule has 2 aromatic carbocycles. The molecule has 0 bridgehead atoms. The van der Waals surface area contributed by atoms with E-state index in [0.29, 0.717) is 5.56 Å². The summed E-state index contributed by atoms with van der Waals surface area (Å²) in [5.74, 6) is -0.819. The first-order valence-electron chi connectivity index (χ1n) is 6.15. The average molecular weight is 302 g/mol. The van der Waals surface area contributed by atoms with Crippen molar-refractivity contribution in [3.8, 4) is 11.5 Å². The lowest BCUT2D eigenvalue weighted by Crippen LogP contribution is -2.05. The van der Waals surface area contributed by atoms with Crippen molar-refractivity contribution < 1.29 is 18.8 Å². The van der Waals surface area contributed by atoms with Crippen molar-refractivity contribution in [2.75, 3.05) is 0 Å². The van der Waals surface area contributed by atoms with Crippen LogP contribution in [-0.2, 0) is 4.79 Å². The van der Waals surface area contributed by atoms with Gasteiger partial charge in [0.25, 0.3) is 0 Å². The molecule has 0 aliphatic rings. The summed E-state index contributed by atoms with van der Waals surface area (Å²) >= 11 is 0. The first-order valence-corrected chi connectivity index (χ1v) is 6.15. The highest BCUT2D eigenvalue weighted by molar-refractivity contribution is 5.90. The molecule has 0 aliphatic heterocycles. The molecule has 0 spiro atoms. The van der Waals surface area contributed by atoms with Gasteiger partial charge >= 0.3 is 5.69 Å². The summed E-state index contributed by atoms with van der Waals surface area (Å²) in [5.41, 5.74) is 5.11. The largest absolute Gasteiger partial charge is 0.450 e. The van der Waals surface area contributed by atoms with Crippen LogP contribution in [0.1, 0.15) is 5.56 Å². The van der Waals surface area contributed by atoms with E-state index in [4.69, 9.17) is 10.5 Å². The molecular formula is C15H11FN2O4. The molecule has 0 aliphatic carbocycles. The zero-order chi connectivity index (χ0) is 16.1. The number of nitrogens with zero attached hydrogens (tertiary/aromatic N) is 1. The minimum Gasteiger partial charge on any atom is -0.450 e. The van der Waals surface area contributed by atoms with E-state index in [-0.39, 0.29) is 17.2 Å². The fraction of sp³-hybridized carbons (Fsp3) is 0. The van der Waals surface area contributed by atoms with Gasteiger partial charge < -0.3 is 10.5 Å². The third-order valence-electron chi connectivity index (χ3n) is 2.66. The third-order valence-corrected chi connectivity index (χ3v) is 2.66. The van der Waals surface area contributed by atoms with Crippen LogP contribution in [0.3, 0.4) is 0 Å². The predicted octanol–water partition coefficient (Wildman–Crippen LogP) is 3.02.